The SMILES string of the molecule is Cc1cccc(-c2ccccc2-c2ccc3c4ccccc4n(-c4ccc5c(c4)oc4ccccc45)c3c2)c1. The topological polar surface area (TPSA) is 18.1 Å². The first-order valence-electron chi connectivity index (χ1n) is 13.4. The molecular formula is C37H25NO. The minimum atomic E-state index is 0.903. The molecule has 0 N–H and O–H groups in total. The van der Waals surface area contributed by atoms with Gasteiger partial charge in [0.15, 0.2) is 0 Å². The number of benzene rings is 6. The summed E-state index contributed by atoms with van der Waals surface area (Å²) in [6, 6.07) is 47.8. The van der Waals surface area contributed by atoms with E-state index in [1.807, 2.05) is 12.1 Å². The number of nitrogens with zero attached hydrogens (tertiary/aromatic N) is 1. The van der Waals surface area contributed by atoms with Crippen molar-refractivity contribution < 1.29 is 4.42 Å². The zero-order valence-corrected chi connectivity index (χ0v) is 21.6. The van der Waals surface area contributed by atoms with Crippen LogP contribution in [-0.4, -0.2) is 4.57 Å². The fraction of sp³-hybridized carbons (Fsp3) is 0.0270. The molecule has 0 amide bonds. The lowest BCUT2D eigenvalue weighted by atomic mass is 9.93. The maximum atomic E-state index is 6.27. The summed E-state index contributed by atoms with van der Waals surface area (Å²) >= 11 is 0. The van der Waals surface area contributed by atoms with Gasteiger partial charge in [0, 0.05) is 33.3 Å². The highest BCUT2D eigenvalue weighted by Crippen LogP contribution is 2.39. The van der Waals surface area contributed by atoms with Gasteiger partial charge in [0.1, 0.15) is 11.2 Å². The Balaban J connectivity index is 1.39. The average Bonchev–Trinajstić information content (AvgIpc) is 3.52. The van der Waals surface area contributed by atoms with Crippen molar-refractivity contribution in [1.82, 2.24) is 4.57 Å². The molecule has 0 atom stereocenters. The van der Waals surface area contributed by atoms with Crippen molar-refractivity contribution in [2.24, 2.45) is 0 Å². The smallest absolute Gasteiger partial charge is 0.137 e. The van der Waals surface area contributed by atoms with Crippen molar-refractivity contribution in [3.8, 4) is 27.9 Å². The van der Waals surface area contributed by atoms with Gasteiger partial charge in [0.2, 0.25) is 0 Å². The van der Waals surface area contributed by atoms with Crippen LogP contribution < -0.4 is 0 Å². The Morgan fingerprint density at radius 2 is 1.13 bits per heavy atom. The van der Waals surface area contributed by atoms with E-state index in [0.717, 1.165) is 27.6 Å². The van der Waals surface area contributed by atoms with E-state index in [-0.39, 0.29) is 0 Å². The van der Waals surface area contributed by atoms with E-state index < -0.39 is 0 Å². The van der Waals surface area contributed by atoms with Crippen molar-refractivity contribution >= 4 is 43.7 Å². The van der Waals surface area contributed by atoms with E-state index in [1.165, 1.54) is 49.6 Å². The van der Waals surface area contributed by atoms with Crippen molar-refractivity contribution in [3.63, 3.8) is 0 Å². The molecule has 0 aliphatic rings. The first kappa shape index (κ1) is 22.0. The van der Waals surface area contributed by atoms with Crippen molar-refractivity contribution in [2.75, 3.05) is 0 Å². The second-order valence-corrected chi connectivity index (χ2v) is 10.3. The van der Waals surface area contributed by atoms with Gasteiger partial charge >= 0.3 is 0 Å². The van der Waals surface area contributed by atoms with Gasteiger partial charge in [-0.25, -0.2) is 0 Å². The molecular weight excluding hydrogens is 474 g/mol. The van der Waals surface area contributed by atoms with Crippen LogP contribution in [0.25, 0.3) is 71.7 Å². The molecule has 0 saturated heterocycles. The fourth-order valence-electron chi connectivity index (χ4n) is 6.07. The summed E-state index contributed by atoms with van der Waals surface area (Å²) in [7, 11) is 0. The fourth-order valence-corrected chi connectivity index (χ4v) is 6.07. The molecule has 0 bridgehead atoms. The zero-order valence-electron chi connectivity index (χ0n) is 21.6. The Hall–Kier alpha value is -5.08. The molecule has 184 valence electrons. The number of rotatable bonds is 3. The predicted octanol–water partition coefficient (Wildman–Crippen LogP) is 10.3. The van der Waals surface area contributed by atoms with Crippen molar-refractivity contribution in [2.45, 2.75) is 6.92 Å². The van der Waals surface area contributed by atoms with E-state index in [4.69, 9.17) is 4.42 Å². The Labute approximate surface area is 226 Å². The van der Waals surface area contributed by atoms with Crippen LogP contribution in [0.15, 0.2) is 138 Å². The van der Waals surface area contributed by atoms with Crippen LogP contribution in [-0.2, 0) is 0 Å². The quantitative estimate of drug-likeness (QED) is 0.236. The van der Waals surface area contributed by atoms with E-state index >= 15 is 0 Å². The van der Waals surface area contributed by atoms with Crippen LogP contribution >= 0.6 is 0 Å². The van der Waals surface area contributed by atoms with Gasteiger partial charge in [-0.3, -0.25) is 0 Å². The lowest BCUT2D eigenvalue weighted by molar-refractivity contribution is 0.668. The molecule has 0 saturated carbocycles. The molecule has 8 aromatic rings. The number of aromatic nitrogens is 1. The largest absolute Gasteiger partial charge is 0.456 e. The lowest BCUT2D eigenvalue weighted by Crippen LogP contribution is -1.94. The summed E-state index contributed by atoms with van der Waals surface area (Å²) in [5.41, 5.74) is 11.5. The van der Waals surface area contributed by atoms with E-state index in [0.29, 0.717) is 0 Å². The summed E-state index contributed by atoms with van der Waals surface area (Å²) in [5.74, 6) is 0. The Kier molecular flexibility index (Phi) is 4.77. The molecule has 6 aromatic carbocycles. The normalized spacial score (nSPS) is 11.7. The number of furan rings is 1. The first-order valence-corrected chi connectivity index (χ1v) is 13.4. The number of fused-ring (bicyclic) bond motifs is 6. The highest BCUT2D eigenvalue weighted by Gasteiger charge is 2.16. The maximum Gasteiger partial charge on any atom is 0.137 e. The molecule has 0 aliphatic heterocycles. The molecule has 39 heavy (non-hydrogen) atoms. The third kappa shape index (κ3) is 3.42. The van der Waals surface area contributed by atoms with Crippen molar-refractivity contribution in [3.05, 3.63) is 139 Å². The molecule has 0 aliphatic carbocycles. The second-order valence-electron chi connectivity index (χ2n) is 10.3. The molecule has 2 nitrogen and oxygen atoms in total. The predicted molar refractivity (Wildman–Crippen MR) is 164 cm³/mol. The summed E-state index contributed by atoms with van der Waals surface area (Å²) in [5, 5.41) is 4.78. The summed E-state index contributed by atoms with van der Waals surface area (Å²) < 4.78 is 8.64. The molecule has 2 aromatic heterocycles. The van der Waals surface area contributed by atoms with Crippen LogP contribution in [0.2, 0.25) is 0 Å². The molecule has 8 rings (SSSR count). The maximum absolute atomic E-state index is 6.27. The highest BCUT2D eigenvalue weighted by atomic mass is 16.3. The van der Waals surface area contributed by atoms with Gasteiger partial charge in [-0.1, -0.05) is 103 Å². The summed E-state index contributed by atoms with van der Waals surface area (Å²) in [6.45, 7) is 2.15. The highest BCUT2D eigenvalue weighted by molar-refractivity contribution is 6.11. The van der Waals surface area contributed by atoms with Gasteiger partial charge in [-0.05, 0) is 59.5 Å². The minimum Gasteiger partial charge on any atom is -0.456 e. The van der Waals surface area contributed by atoms with Crippen molar-refractivity contribution in [1.29, 1.82) is 0 Å². The van der Waals surface area contributed by atoms with Gasteiger partial charge < -0.3 is 8.98 Å². The summed E-state index contributed by atoms with van der Waals surface area (Å²) in [4.78, 5) is 0. The molecule has 0 unspecified atom stereocenters. The third-order valence-corrected chi connectivity index (χ3v) is 7.86. The van der Waals surface area contributed by atoms with Crippen LogP contribution in [0.4, 0.5) is 0 Å². The summed E-state index contributed by atoms with van der Waals surface area (Å²) in [6.07, 6.45) is 0. The first-order chi connectivity index (χ1) is 19.2. The standard InChI is InChI=1S/C37H25NO/c1-24-9-8-10-25(21-24)28-11-2-3-12-29(28)26-17-19-31-30-13-4-6-15-34(30)38(35(31)22-26)27-18-20-33-32-14-5-7-16-36(32)39-37(33)23-27/h2-23H,1H3. The Morgan fingerprint density at radius 3 is 1.97 bits per heavy atom. The number of aryl methyl sites for hydroxylation is 1. The molecule has 0 radical (unpaired) electrons. The molecule has 0 spiro atoms. The third-order valence-electron chi connectivity index (χ3n) is 7.86. The Morgan fingerprint density at radius 1 is 0.462 bits per heavy atom. The molecule has 2 heterocycles. The lowest BCUT2D eigenvalue weighted by Gasteiger charge is -2.12. The number of hydrogen-bond acceptors (Lipinski definition) is 1. The number of hydrogen-bond donors (Lipinski definition) is 0. The van der Waals surface area contributed by atoms with Crippen LogP contribution in [0, 0.1) is 6.92 Å². The Bertz CT molecular complexity index is 2190. The van der Waals surface area contributed by atoms with Gasteiger partial charge in [-0.15, -0.1) is 0 Å². The average molecular weight is 500 g/mol. The minimum absolute atomic E-state index is 0.903. The molecule has 2 heteroatoms. The van der Waals surface area contributed by atoms with Crippen LogP contribution in [0.5, 0.6) is 0 Å². The van der Waals surface area contributed by atoms with Crippen LogP contribution in [0.1, 0.15) is 5.56 Å². The second kappa shape index (κ2) is 8.47. The van der Waals surface area contributed by atoms with Gasteiger partial charge in [0.05, 0.1) is 11.0 Å². The number of para-hydroxylation sites is 2. The van der Waals surface area contributed by atoms with Crippen LogP contribution in [0.3, 0.4) is 0 Å². The van der Waals surface area contributed by atoms with E-state index in [2.05, 4.69) is 133 Å². The molecule has 0 fully saturated rings. The van der Waals surface area contributed by atoms with Gasteiger partial charge in [-0.2, -0.15) is 0 Å². The monoisotopic (exact) mass is 499 g/mol. The van der Waals surface area contributed by atoms with Gasteiger partial charge in [0.25, 0.3) is 0 Å². The zero-order chi connectivity index (χ0) is 25.9. The van der Waals surface area contributed by atoms with E-state index in [1.54, 1.807) is 0 Å². The van der Waals surface area contributed by atoms with E-state index in [9.17, 15) is 0 Å².